The second kappa shape index (κ2) is 11.7. The van der Waals surface area contributed by atoms with Crippen molar-refractivity contribution in [1.29, 1.82) is 0 Å². The fraction of sp³-hybridized carbons (Fsp3) is 0.300. The van der Waals surface area contributed by atoms with Gasteiger partial charge in [-0.3, -0.25) is 19.4 Å². The zero-order chi connectivity index (χ0) is 31.0. The predicted octanol–water partition coefficient (Wildman–Crippen LogP) is 3.82. The van der Waals surface area contributed by atoms with Gasteiger partial charge in [0.15, 0.2) is 11.5 Å². The van der Waals surface area contributed by atoms with Gasteiger partial charge in [0.25, 0.3) is 5.56 Å². The number of aromatic nitrogens is 2. The largest absolute Gasteiger partial charge is 0.491 e. The Morgan fingerprint density at radius 3 is 2.50 bits per heavy atom. The molecule has 1 saturated heterocycles. The first-order chi connectivity index (χ1) is 21.1. The lowest BCUT2D eigenvalue weighted by Crippen LogP contribution is -2.52. The highest BCUT2D eigenvalue weighted by molar-refractivity contribution is 6.05. The predicted molar refractivity (Wildman–Crippen MR) is 152 cm³/mol. The summed E-state index contributed by atoms with van der Waals surface area (Å²) < 4.78 is 62.6. The highest BCUT2D eigenvalue weighted by atomic mass is 19.4. The number of carbonyl (C=O) groups excluding carboxylic acids is 2. The number of ether oxygens (including phenoxy) is 4. The van der Waals surface area contributed by atoms with E-state index in [9.17, 15) is 27.6 Å². The lowest BCUT2D eigenvalue weighted by atomic mass is 10.00. The third kappa shape index (κ3) is 5.61. The average molecular weight is 613 g/mol. The summed E-state index contributed by atoms with van der Waals surface area (Å²) in [6.07, 6.45) is -4.24. The van der Waals surface area contributed by atoms with E-state index in [0.29, 0.717) is 60.6 Å². The van der Waals surface area contributed by atoms with Crippen molar-refractivity contribution in [2.24, 2.45) is 7.05 Å². The van der Waals surface area contributed by atoms with Gasteiger partial charge in [-0.15, -0.1) is 0 Å². The summed E-state index contributed by atoms with van der Waals surface area (Å²) in [6, 6.07) is 13.5. The summed E-state index contributed by atoms with van der Waals surface area (Å²) >= 11 is 0. The Bertz CT molecular complexity index is 1760. The summed E-state index contributed by atoms with van der Waals surface area (Å²) in [5, 5.41) is 0.589. The number of carbonyl (C=O) groups is 2. The molecule has 0 aliphatic carbocycles. The second-order valence-electron chi connectivity index (χ2n) is 10.2. The molecule has 0 saturated carbocycles. The number of aryl methyl sites for hydroxylation is 1. The number of rotatable bonds is 7. The first kappa shape index (κ1) is 29.3. The molecule has 0 bridgehead atoms. The van der Waals surface area contributed by atoms with Crippen LogP contribution in [0.15, 0.2) is 65.7 Å². The molecule has 6 rings (SSSR count). The summed E-state index contributed by atoms with van der Waals surface area (Å²) in [7, 11) is 1.60. The Balaban J connectivity index is 1.52. The third-order valence-corrected chi connectivity index (χ3v) is 7.40. The first-order valence-electron chi connectivity index (χ1n) is 13.7. The Morgan fingerprint density at radius 2 is 1.77 bits per heavy atom. The van der Waals surface area contributed by atoms with Gasteiger partial charge in [0.2, 0.25) is 0 Å². The molecule has 2 aliphatic heterocycles. The van der Waals surface area contributed by atoms with Crippen molar-refractivity contribution in [1.82, 2.24) is 14.5 Å². The van der Waals surface area contributed by atoms with Crippen molar-refractivity contribution in [3.63, 3.8) is 0 Å². The molecule has 0 spiro atoms. The Labute approximate surface area is 248 Å². The van der Waals surface area contributed by atoms with E-state index in [2.05, 4.69) is 9.72 Å². The van der Waals surface area contributed by atoms with Crippen LogP contribution in [0.3, 0.4) is 0 Å². The van der Waals surface area contributed by atoms with Gasteiger partial charge < -0.3 is 28.5 Å². The molecule has 230 valence electrons. The van der Waals surface area contributed by atoms with Crippen LogP contribution >= 0.6 is 0 Å². The van der Waals surface area contributed by atoms with Crippen molar-refractivity contribution in [2.45, 2.75) is 12.5 Å². The summed E-state index contributed by atoms with van der Waals surface area (Å²) in [5.74, 6) is -3.03. The molecular formula is C30H27F3N4O7. The van der Waals surface area contributed by atoms with E-state index in [1.165, 1.54) is 15.5 Å². The summed E-state index contributed by atoms with van der Waals surface area (Å²) in [6.45, 7) is 2.52. The number of halogens is 3. The van der Waals surface area contributed by atoms with Gasteiger partial charge in [0, 0.05) is 62.1 Å². The van der Waals surface area contributed by atoms with Crippen LogP contribution in [-0.2, 0) is 26.1 Å². The maximum Gasteiger partial charge on any atom is 0.491 e. The Morgan fingerprint density at radius 1 is 1.02 bits per heavy atom. The number of nitrogens with zero attached hydrogens (tertiary/aromatic N) is 3. The van der Waals surface area contributed by atoms with Crippen molar-refractivity contribution >= 4 is 28.5 Å². The SMILES string of the molecule is Cn1cc(-c2ccc3c(c2Oc2ccccc2)N(CCN2CCOCC2)C(=O)C(OC(=O)C(F)(F)F)O3)c2cc[nH]c2c1=O. The van der Waals surface area contributed by atoms with Crippen LogP contribution in [0.2, 0.25) is 0 Å². The number of aromatic amines is 1. The van der Waals surface area contributed by atoms with Crippen LogP contribution in [0.4, 0.5) is 18.9 Å². The quantitative estimate of drug-likeness (QED) is 0.314. The first-order valence-corrected chi connectivity index (χ1v) is 13.7. The number of fused-ring (bicyclic) bond motifs is 2. The molecule has 1 fully saturated rings. The van der Waals surface area contributed by atoms with Crippen molar-refractivity contribution in [3.8, 4) is 28.4 Å². The molecule has 4 heterocycles. The minimum absolute atomic E-state index is 0.0106. The third-order valence-electron chi connectivity index (χ3n) is 7.40. The van der Waals surface area contributed by atoms with Crippen molar-refractivity contribution in [3.05, 3.63) is 71.3 Å². The van der Waals surface area contributed by atoms with E-state index in [1.54, 1.807) is 61.9 Å². The minimum Gasteiger partial charge on any atom is -0.454 e. The van der Waals surface area contributed by atoms with E-state index in [-0.39, 0.29) is 29.3 Å². The molecule has 1 amide bonds. The van der Waals surface area contributed by atoms with Crippen LogP contribution in [0.5, 0.6) is 17.2 Å². The number of esters is 1. The molecular weight excluding hydrogens is 585 g/mol. The number of hydrogen-bond donors (Lipinski definition) is 1. The number of benzene rings is 2. The Hall–Kier alpha value is -4.82. The van der Waals surface area contributed by atoms with E-state index >= 15 is 0 Å². The molecule has 4 aromatic rings. The summed E-state index contributed by atoms with van der Waals surface area (Å²) in [5.41, 5.74) is 1.30. The topological polar surface area (TPSA) is 115 Å². The molecule has 1 unspecified atom stereocenters. The Kier molecular flexibility index (Phi) is 7.78. The standard InChI is InChI=1S/C30H27F3N4O7/c1-35-17-21(19-9-10-34-23(19)26(35)38)20-7-8-22-24(25(20)42-18-5-3-2-4-6-18)37(12-11-36-13-15-41-16-14-36)27(39)28(43-22)44-29(40)30(31,32)33/h2-10,17,28,34H,11-16H2,1H3. The van der Waals surface area contributed by atoms with Gasteiger partial charge in [-0.1, -0.05) is 18.2 Å². The van der Waals surface area contributed by atoms with Crippen LogP contribution in [0, 0.1) is 0 Å². The fourth-order valence-corrected chi connectivity index (χ4v) is 5.24. The van der Waals surface area contributed by atoms with Crippen LogP contribution in [0.25, 0.3) is 22.0 Å². The monoisotopic (exact) mass is 612 g/mol. The average Bonchev–Trinajstić information content (AvgIpc) is 3.50. The highest BCUT2D eigenvalue weighted by Crippen LogP contribution is 2.50. The molecule has 11 nitrogen and oxygen atoms in total. The zero-order valence-corrected chi connectivity index (χ0v) is 23.4. The number of morpholine rings is 1. The molecule has 2 aromatic carbocycles. The van der Waals surface area contributed by atoms with Gasteiger partial charge in [-0.05, 0) is 30.3 Å². The van der Waals surface area contributed by atoms with Gasteiger partial charge >= 0.3 is 24.3 Å². The lowest BCUT2D eigenvalue weighted by Gasteiger charge is -2.37. The van der Waals surface area contributed by atoms with Gasteiger partial charge in [0.1, 0.15) is 17.0 Å². The molecule has 14 heteroatoms. The number of alkyl halides is 3. The minimum atomic E-state index is -5.33. The maximum absolute atomic E-state index is 13.8. The van der Waals surface area contributed by atoms with Gasteiger partial charge in [-0.2, -0.15) is 13.2 Å². The maximum atomic E-state index is 13.8. The van der Waals surface area contributed by atoms with Crippen LogP contribution in [0.1, 0.15) is 0 Å². The lowest BCUT2D eigenvalue weighted by molar-refractivity contribution is -0.216. The molecule has 2 aromatic heterocycles. The number of amides is 1. The number of pyridine rings is 1. The van der Waals surface area contributed by atoms with E-state index < -0.39 is 24.3 Å². The van der Waals surface area contributed by atoms with Gasteiger partial charge in [0.05, 0.1) is 13.2 Å². The molecule has 1 atom stereocenters. The van der Waals surface area contributed by atoms with Crippen molar-refractivity contribution in [2.75, 3.05) is 44.3 Å². The number of hydrogen-bond acceptors (Lipinski definition) is 8. The van der Waals surface area contributed by atoms with E-state index in [0.717, 1.165) is 0 Å². The second-order valence-corrected chi connectivity index (χ2v) is 10.2. The number of para-hydroxylation sites is 1. The normalized spacial score (nSPS) is 17.3. The number of H-pyrrole nitrogens is 1. The molecule has 0 radical (unpaired) electrons. The number of anilines is 1. The van der Waals surface area contributed by atoms with Crippen molar-refractivity contribution < 1.29 is 41.7 Å². The van der Waals surface area contributed by atoms with Crippen LogP contribution in [-0.4, -0.2) is 78.2 Å². The molecule has 1 N–H and O–H groups in total. The highest BCUT2D eigenvalue weighted by Gasteiger charge is 2.47. The summed E-state index contributed by atoms with van der Waals surface area (Å²) in [4.78, 5) is 44.5. The molecule has 2 aliphatic rings. The fourth-order valence-electron chi connectivity index (χ4n) is 5.24. The van der Waals surface area contributed by atoms with Crippen LogP contribution < -0.4 is 19.9 Å². The zero-order valence-electron chi connectivity index (χ0n) is 23.4. The van der Waals surface area contributed by atoms with E-state index in [4.69, 9.17) is 14.2 Å². The van der Waals surface area contributed by atoms with E-state index in [1.807, 2.05) is 4.90 Å². The smallest absolute Gasteiger partial charge is 0.454 e. The number of nitrogens with one attached hydrogen (secondary N) is 1. The molecule has 44 heavy (non-hydrogen) atoms. The van der Waals surface area contributed by atoms with Gasteiger partial charge in [-0.25, -0.2) is 4.79 Å².